The van der Waals surface area contributed by atoms with Crippen LogP contribution in [0.2, 0.25) is 0 Å². The van der Waals surface area contributed by atoms with Gasteiger partial charge in [0.2, 0.25) is 0 Å². The molecule has 2 N–H and O–H groups in total. The molecule has 0 aromatic carbocycles. The van der Waals surface area contributed by atoms with E-state index in [0.717, 1.165) is 4.90 Å². The minimum Gasteiger partial charge on any atom is -0.480 e. The fourth-order valence-corrected chi connectivity index (χ4v) is 3.07. The van der Waals surface area contributed by atoms with Gasteiger partial charge < -0.3 is 19.5 Å². The van der Waals surface area contributed by atoms with Crippen molar-refractivity contribution in [1.82, 2.24) is 9.88 Å². The van der Waals surface area contributed by atoms with Gasteiger partial charge in [-0.25, -0.2) is 9.78 Å². The van der Waals surface area contributed by atoms with Crippen LogP contribution >= 0.6 is 11.3 Å². The van der Waals surface area contributed by atoms with Crippen molar-refractivity contribution >= 4 is 23.2 Å². The quantitative estimate of drug-likeness (QED) is 0.878. The molecule has 1 unspecified atom stereocenters. The third-order valence-electron chi connectivity index (χ3n) is 3.28. The zero-order valence-corrected chi connectivity index (χ0v) is 11.6. The van der Waals surface area contributed by atoms with Crippen LogP contribution in [0.4, 0.5) is 0 Å². The average Bonchev–Trinajstić information content (AvgIpc) is 3.17. The number of carbonyl (C=O) groups excluding carboxylic acids is 1. The molecule has 1 aliphatic heterocycles. The highest BCUT2D eigenvalue weighted by atomic mass is 32.1. The molecule has 2 aromatic rings. The maximum absolute atomic E-state index is 12.4. The monoisotopic (exact) mass is 308 g/mol. The lowest BCUT2D eigenvalue weighted by Gasteiger charge is -2.19. The van der Waals surface area contributed by atoms with Crippen LogP contribution in [0.15, 0.2) is 28.2 Å². The predicted molar refractivity (Wildman–Crippen MR) is 72.9 cm³/mol. The average molecular weight is 308 g/mol. The highest BCUT2D eigenvalue weighted by Gasteiger charge is 2.39. The van der Waals surface area contributed by atoms with Crippen molar-refractivity contribution < 1.29 is 24.2 Å². The van der Waals surface area contributed by atoms with Crippen molar-refractivity contribution in [2.24, 2.45) is 0 Å². The van der Waals surface area contributed by atoms with Gasteiger partial charge >= 0.3 is 5.97 Å². The van der Waals surface area contributed by atoms with Crippen LogP contribution in [0.1, 0.15) is 16.9 Å². The molecule has 0 bridgehead atoms. The van der Waals surface area contributed by atoms with Gasteiger partial charge in [0.15, 0.2) is 10.8 Å². The lowest BCUT2D eigenvalue weighted by atomic mass is 10.2. The minimum absolute atomic E-state index is 0.00338. The first kappa shape index (κ1) is 13.8. The first-order valence-electron chi connectivity index (χ1n) is 6.27. The molecule has 0 saturated carbocycles. The number of carbonyl (C=O) groups is 2. The van der Waals surface area contributed by atoms with E-state index in [1.807, 2.05) is 0 Å². The van der Waals surface area contributed by atoms with Crippen LogP contribution in [-0.2, 0) is 4.79 Å². The smallest absolute Gasteiger partial charge is 0.326 e. The Kier molecular flexibility index (Phi) is 3.48. The Morgan fingerprint density at radius 2 is 2.29 bits per heavy atom. The minimum atomic E-state index is -1.12. The molecule has 3 rings (SSSR count). The number of amides is 1. The molecule has 110 valence electrons. The largest absolute Gasteiger partial charge is 0.480 e. The van der Waals surface area contributed by atoms with E-state index in [1.54, 1.807) is 17.5 Å². The van der Waals surface area contributed by atoms with E-state index in [9.17, 15) is 14.7 Å². The maximum atomic E-state index is 12.4. The summed E-state index contributed by atoms with van der Waals surface area (Å²) in [7, 11) is 0. The number of hydrogen-bond acceptors (Lipinski definition) is 6. The lowest BCUT2D eigenvalue weighted by Crippen LogP contribution is -2.40. The van der Waals surface area contributed by atoms with Crippen LogP contribution in [0.5, 0.6) is 0 Å². The fourth-order valence-electron chi connectivity index (χ4n) is 2.30. The predicted octanol–water partition coefficient (Wildman–Crippen LogP) is 1.06. The lowest BCUT2D eigenvalue weighted by molar-refractivity contribution is -0.141. The van der Waals surface area contributed by atoms with Gasteiger partial charge in [-0.2, -0.15) is 0 Å². The van der Waals surface area contributed by atoms with Gasteiger partial charge in [0.25, 0.3) is 5.91 Å². The molecule has 0 spiro atoms. The van der Waals surface area contributed by atoms with Crippen LogP contribution < -0.4 is 0 Å². The Morgan fingerprint density at radius 3 is 2.95 bits per heavy atom. The number of aliphatic hydroxyl groups excluding tert-OH is 1. The highest BCUT2D eigenvalue weighted by molar-refractivity contribution is 7.13. The van der Waals surface area contributed by atoms with Crippen molar-refractivity contribution in [3.8, 4) is 10.8 Å². The summed E-state index contributed by atoms with van der Waals surface area (Å²) in [6, 6.07) is 2.43. The van der Waals surface area contributed by atoms with Gasteiger partial charge in [-0.15, -0.1) is 11.3 Å². The van der Waals surface area contributed by atoms with E-state index >= 15 is 0 Å². The van der Waals surface area contributed by atoms with Crippen molar-refractivity contribution in [2.75, 3.05) is 6.54 Å². The molecule has 2 atom stereocenters. The first-order valence-corrected chi connectivity index (χ1v) is 7.15. The summed E-state index contributed by atoms with van der Waals surface area (Å²) in [4.78, 5) is 28.8. The van der Waals surface area contributed by atoms with Gasteiger partial charge in [0.05, 0.1) is 12.4 Å². The molecule has 1 fully saturated rings. The number of likely N-dealkylation sites (tertiary alicyclic amines) is 1. The Bertz CT molecular complexity index is 666. The first-order chi connectivity index (χ1) is 10.1. The molecule has 7 nitrogen and oxygen atoms in total. The van der Waals surface area contributed by atoms with E-state index in [0.29, 0.717) is 10.8 Å². The number of aliphatic carboxylic acids is 1. The van der Waals surface area contributed by atoms with Crippen molar-refractivity contribution in [3.63, 3.8) is 0 Å². The number of aliphatic hydroxyl groups is 1. The van der Waals surface area contributed by atoms with Crippen molar-refractivity contribution in [3.05, 3.63) is 29.5 Å². The Morgan fingerprint density at radius 1 is 1.48 bits per heavy atom. The van der Waals surface area contributed by atoms with Gasteiger partial charge in [0.1, 0.15) is 11.7 Å². The second kappa shape index (κ2) is 5.30. The molecular weight excluding hydrogens is 296 g/mol. The number of carboxylic acid groups (broad SMARTS) is 1. The molecule has 0 radical (unpaired) electrons. The second-order valence-corrected chi connectivity index (χ2v) is 5.57. The van der Waals surface area contributed by atoms with E-state index in [1.165, 1.54) is 17.6 Å². The van der Waals surface area contributed by atoms with Gasteiger partial charge in [0, 0.05) is 18.3 Å². The van der Waals surface area contributed by atoms with Crippen molar-refractivity contribution in [2.45, 2.75) is 18.6 Å². The standard InChI is InChI=1S/C13H12N2O5S/c16-7-4-9(13(18)19)15(5-7)12(17)8-6-21-11(14-8)10-2-1-3-20-10/h1-3,6-7,9,16H,4-5H2,(H,18,19)/t7?,9-/m0/s1. The molecule has 21 heavy (non-hydrogen) atoms. The SMILES string of the molecule is O=C(O)[C@@H]1CC(O)CN1C(=O)c1csc(-c2ccco2)n1. The zero-order chi connectivity index (χ0) is 15.0. The number of aromatic nitrogens is 1. The highest BCUT2D eigenvalue weighted by Crippen LogP contribution is 2.26. The number of β-amino-alcohol motifs (C(OH)–C–C–N with tert-alkyl or cyclic N) is 1. The van der Waals surface area contributed by atoms with Crippen LogP contribution in [-0.4, -0.2) is 50.7 Å². The summed E-state index contributed by atoms with van der Waals surface area (Å²) in [6.45, 7) is 0.00338. The number of thiazole rings is 1. The summed E-state index contributed by atoms with van der Waals surface area (Å²) in [5.74, 6) is -1.07. The molecule has 1 aliphatic rings. The summed E-state index contributed by atoms with van der Waals surface area (Å²) in [6.07, 6.45) is 0.726. The third-order valence-corrected chi connectivity index (χ3v) is 4.14. The second-order valence-electron chi connectivity index (χ2n) is 4.72. The summed E-state index contributed by atoms with van der Waals surface area (Å²) in [5.41, 5.74) is 0.159. The third kappa shape index (κ3) is 2.55. The van der Waals surface area contributed by atoms with E-state index in [-0.39, 0.29) is 18.7 Å². The van der Waals surface area contributed by atoms with Crippen LogP contribution in [0, 0.1) is 0 Å². The maximum Gasteiger partial charge on any atom is 0.326 e. The van der Waals surface area contributed by atoms with E-state index < -0.39 is 24.0 Å². The number of hydrogen-bond donors (Lipinski definition) is 2. The molecule has 0 aliphatic carbocycles. The van der Waals surface area contributed by atoms with Gasteiger partial charge in [-0.3, -0.25) is 4.79 Å². The van der Waals surface area contributed by atoms with E-state index in [4.69, 9.17) is 9.52 Å². The molecule has 1 saturated heterocycles. The number of rotatable bonds is 3. The zero-order valence-electron chi connectivity index (χ0n) is 10.8. The number of furan rings is 1. The summed E-state index contributed by atoms with van der Waals surface area (Å²) >= 11 is 1.24. The summed E-state index contributed by atoms with van der Waals surface area (Å²) in [5, 5.41) is 20.8. The van der Waals surface area contributed by atoms with Gasteiger partial charge in [-0.05, 0) is 12.1 Å². The summed E-state index contributed by atoms with van der Waals surface area (Å²) < 4.78 is 5.20. The fraction of sp³-hybridized carbons (Fsp3) is 0.308. The number of nitrogens with zero attached hydrogens (tertiary/aromatic N) is 2. The van der Waals surface area contributed by atoms with Crippen LogP contribution in [0.25, 0.3) is 10.8 Å². The Hall–Kier alpha value is -2.19. The molecular formula is C13H12N2O5S. The normalized spacial score (nSPS) is 21.7. The molecule has 8 heteroatoms. The van der Waals surface area contributed by atoms with Gasteiger partial charge in [-0.1, -0.05) is 0 Å². The topological polar surface area (TPSA) is 104 Å². The molecule has 2 aromatic heterocycles. The van der Waals surface area contributed by atoms with Crippen LogP contribution in [0.3, 0.4) is 0 Å². The Balaban J connectivity index is 1.83. The van der Waals surface area contributed by atoms with E-state index in [2.05, 4.69) is 4.98 Å². The number of carboxylic acids is 1. The van der Waals surface area contributed by atoms with Crippen molar-refractivity contribution in [1.29, 1.82) is 0 Å². The molecule has 3 heterocycles. The molecule has 1 amide bonds. The Labute approximate surface area is 123 Å².